The predicted octanol–water partition coefficient (Wildman–Crippen LogP) is 2.46. The molecule has 1 amide bonds. The third-order valence-corrected chi connectivity index (χ3v) is 2.16. The molecule has 0 saturated carbocycles. The molecule has 1 aromatic rings. The molecule has 0 aliphatic carbocycles. The number of carboxylic acid groups (broad SMARTS) is 1. The fourth-order valence-electron chi connectivity index (χ4n) is 1.32. The second-order valence-corrected chi connectivity index (χ2v) is 3.74. The van der Waals surface area contributed by atoms with Gasteiger partial charge < -0.3 is 10.4 Å². The molecule has 0 spiro atoms. The number of hydrogen-bond donors (Lipinski definition) is 2. The van der Waals surface area contributed by atoms with Crippen LogP contribution in [0.2, 0.25) is 0 Å². The molecule has 0 unspecified atom stereocenters. The van der Waals surface area contributed by atoms with Crippen LogP contribution in [0.25, 0.3) is 0 Å². The lowest BCUT2D eigenvalue weighted by Crippen LogP contribution is -2.45. The van der Waals surface area contributed by atoms with Crippen molar-refractivity contribution < 1.29 is 41.0 Å². The number of nitrogens with one attached hydrogen (secondary N) is 1. The van der Waals surface area contributed by atoms with Crippen LogP contribution in [0, 0.1) is 5.92 Å². The first kappa shape index (κ1) is 16.7. The zero-order valence-electron chi connectivity index (χ0n) is 9.79. The van der Waals surface area contributed by atoms with E-state index in [9.17, 15) is 35.9 Å². The topological polar surface area (TPSA) is 79.3 Å². The van der Waals surface area contributed by atoms with Crippen LogP contribution in [0.15, 0.2) is 18.3 Å². The second kappa shape index (κ2) is 5.58. The van der Waals surface area contributed by atoms with Crippen molar-refractivity contribution in [1.82, 2.24) is 4.98 Å². The Kier molecular flexibility index (Phi) is 4.44. The Morgan fingerprint density at radius 2 is 1.67 bits per heavy atom. The first-order valence-corrected chi connectivity index (χ1v) is 5.06. The fourth-order valence-corrected chi connectivity index (χ4v) is 1.32. The van der Waals surface area contributed by atoms with E-state index in [-0.39, 0.29) is 0 Å². The number of amides is 1. The summed E-state index contributed by atoms with van der Waals surface area (Å²) in [5, 5.41) is 9.94. The van der Waals surface area contributed by atoms with Gasteiger partial charge in [-0.15, -0.1) is 0 Å². The van der Waals surface area contributed by atoms with Crippen LogP contribution >= 0.6 is 0 Å². The summed E-state index contributed by atoms with van der Waals surface area (Å²) in [7, 11) is 0. The van der Waals surface area contributed by atoms with Gasteiger partial charge in [0.05, 0.1) is 0 Å². The number of alkyl halides is 6. The number of rotatable bonds is 3. The summed E-state index contributed by atoms with van der Waals surface area (Å²) >= 11 is 0. The van der Waals surface area contributed by atoms with Crippen molar-refractivity contribution >= 4 is 17.6 Å². The number of carboxylic acids is 1. The van der Waals surface area contributed by atoms with E-state index in [1.807, 2.05) is 0 Å². The lowest BCUT2D eigenvalue weighted by Gasteiger charge is -2.22. The zero-order chi connectivity index (χ0) is 16.4. The van der Waals surface area contributed by atoms with Gasteiger partial charge in [0.15, 0.2) is 0 Å². The number of carbonyl (C=O) groups is 2. The minimum Gasteiger partial charge on any atom is -0.477 e. The minimum absolute atomic E-state index is 0.550. The van der Waals surface area contributed by atoms with E-state index in [0.29, 0.717) is 6.07 Å². The highest BCUT2D eigenvalue weighted by molar-refractivity contribution is 5.95. The van der Waals surface area contributed by atoms with Crippen LogP contribution in [0.3, 0.4) is 0 Å². The zero-order valence-corrected chi connectivity index (χ0v) is 9.79. The molecule has 1 aromatic heterocycles. The van der Waals surface area contributed by atoms with E-state index in [1.165, 1.54) is 5.32 Å². The molecular weight excluding hydrogens is 310 g/mol. The smallest absolute Gasteiger partial charge is 0.409 e. The number of anilines is 1. The summed E-state index contributed by atoms with van der Waals surface area (Å²) < 4.78 is 73.7. The molecule has 21 heavy (non-hydrogen) atoms. The third kappa shape index (κ3) is 4.33. The van der Waals surface area contributed by atoms with E-state index in [0.717, 1.165) is 12.3 Å². The van der Waals surface area contributed by atoms with Crippen LogP contribution < -0.4 is 5.32 Å². The molecule has 0 fully saturated rings. The number of pyridine rings is 1. The molecule has 0 saturated heterocycles. The van der Waals surface area contributed by atoms with Crippen LogP contribution in [-0.2, 0) is 4.79 Å². The molecule has 11 heteroatoms. The van der Waals surface area contributed by atoms with Gasteiger partial charge in [-0.2, -0.15) is 26.3 Å². The Bertz CT molecular complexity index is 540. The number of aromatic nitrogens is 1. The average molecular weight is 316 g/mol. The molecule has 0 bridgehead atoms. The van der Waals surface area contributed by atoms with Gasteiger partial charge in [-0.25, -0.2) is 9.78 Å². The van der Waals surface area contributed by atoms with Gasteiger partial charge in [0.1, 0.15) is 5.69 Å². The summed E-state index contributed by atoms with van der Waals surface area (Å²) in [6.07, 6.45) is -10.8. The molecule has 0 radical (unpaired) electrons. The van der Waals surface area contributed by atoms with Crippen molar-refractivity contribution in [2.75, 3.05) is 5.32 Å². The Morgan fingerprint density at radius 3 is 2.10 bits per heavy atom. The quantitative estimate of drug-likeness (QED) is 0.840. The minimum atomic E-state index is -5.83. The van der Waals surface area contributed by atoms with E-state index in [1.54, 1.807) is 0 Å². The standard InChI is InChI=1S/C10H6F6N2O3/c11-9(12,13)6(10(14,15)16)7(19)18-4-1-2-17-5(3-4)8(20)21/h1-3,6H,(H,20,21)(H,17,18,19). The number of halogens is 6. The highest BCUT2D eigenvalue weighted by Gasteiger charge is 2.61. The fraction of sp³-hybridized carbons (Fsp3) is 0.300. The van der Waals surface area contributed by atoms with Crippen LogP contribution in [0.1, 0.15) is 10.5 Å². The Morgan fingerprint density at radius 1 is 1.14 bits per heavy atom. The number of nitrogens with zero attached hydrogens (tertiary/aromatic N) is 1. The summed E-state index contributed by atoms with van der Waals surface area (Å²) in [6.45, 7) is 0. The number of carbonyl (C=O) groups excluding carboxylic acids is 1. The third-order valence-electron chi connectivity index (χ3n) is 2.16. The van der Waals surface area contributed by atoms with Gasteiger partial charge in [0.25, 0.3) is 0 Å². The first-order chi connectivity index (χ1) is 9.43. The van der Waals surface area contributed by atoms with Crippen molar-refractivity contribution in [1.29, 1.82) is 0 Å². The maximum atomic E-state index is 12.3. The largest absolute Gasteiger partial charge is 0.477 e. The number of hydrogen-bond acceptors (Lipinski definition) is 3. The maximum absolute atomic E-state index is 12.3. The first-order valence-electron chi connectivity index (χ1n) is 5.06. The second-order valence-electron chi connectivity index (χ2n) is 3.74. The Labute approximate surface area is 112 Å². The van der Waals surface area contributed by atoms with Crippen molar-refractivity contribution in [3.8, 4) is 0 Å². The van der Waals surface area contributed by atoms with Crippen molar-refractivity contribution in [3.63, 3.8) is 0 Å². The lowest BCUT2D eigenvalue weighted by molar-refractivity contribution is -0.272. The lowest BCUT2D eigenvalue weighted by atomic mass is 10.1. The molecular formula is C10H6F6N2O3. The van der Waals surface area contributed by atoms with E-state index >= 15 is 0 Å². The highest BCUT2D eigenvalue weighted by atomic mass is 19.4. The molecule has 116 valence electrons. The normalized spacial score (nSPS) is 12.3. The van der Waals surface area contributed by atoms with E-state index in [4.69, 9.17) is 5.11 Å². The van der Waals surface area contributed by atoms with Gasteiger partial charge in [0, 0.05) is 11.9 Å². The molecule has 0 aliphatic rings. The molecule has 1 rings (SSSR count). The molecule has 1 heterocycles. The van der Waals surface area contributed by atoms with Gasteiger partial charge in [0.2, 0.25) is 11.8 Å². The highest BCUT2D eigenvalue weighted by Crippen LogP contribution is 2.39. The number of aromatic carboxylic acids is 1. The Hall–Kier alpha value is -2.33. The maximum Gasteiger partial charge on any atom is 0.409 e. The van der Waals surface area contributed by atoms with Crippen molar-refractivity contribution in [2.24, 2.45) is 5.92 Å². The van der Waals surface area contributed by atoms with Gasteiger partial charge >= 0.3 is 18.3 Å². The predicted molar refractivity (Wildman–Crippen MR) is 55.4 cm³/mol. The van der Waals surface area contributed by atoms with Crippen LogP contribution in [0.4, 0.5) is 32.0 Å². The Balaban J connectivity index is 3.03. The van der Waals surface area contributed by atoms with Gasteiger partial charge in [-0.3, -0.25) is 4.79 Å². The van der Waals surface area contributed by atoms with Crippen LogP contribution in [0.5, 0.6) is 0 Å². The molecule has 0 atom stereocenters. The van der Waals surface area contributed by atoms with Gasteiger partial charge in [-0.1, -0.05) is 0 Å². The SMILES string of the molecule is O=C(O)c1cc(NC(=O)C(C(F)(F)F)C(F)(F)F)ccn1. The monoisotopic (exact) mass is 316 g/mol. The molecule has 0 aromatic carbocycles. The summed E-state index contributed by atoms with van der Waals surface area (Å²) in [6, 6.07) is 1.48. The van der Waals surface area contributed by atoms with E-state index < -0.39 is 41.5 Å². The summed E-state index contributed by atoms with van der Waals surface area (Å²) in [5.74, 6) is -8.14. The van der Waals surface area contributed by atoms with Crippen molar-refractivity contribution in [3.05, 3.63) is 24.0 Å². The van der Waals surface area contributed by atoms with Gasteiger partial charge in [-0.05, 0) is 12.1 Å². The summed E-state index contributed by atoms with van der Waals surface area (Å²) in [5.41, 5.74) is -1.20. The van der Waals surface area contributed by atoms with Crippen molar-refractivity contribution in [2.45, 2.75) is 12.4 Å². The average Bonchev–Trinajstić information content (AvgIpc) is 2.24. The molecule has 2 N–H and O–H groups in total. The van der Waals surface area contributed by atoms with E-state index in [2.05, 4.69) is 4.98 Å². The molecule has 5 nitrogen and oxygen atoms in total. The summed E-state index contributed by atoms with van der Waals surface area (Å²) in [4.78, 5) is 25.0. The van der Waals surface area contributed by atoms with Crippen LogP contribution in [-0.4, -0.2) is 34.3 Å². The molecule has 0 aliphatic heterocycles.